The van der Waals surface area contributed by atoms with Crippen molar-refractivity contribution >= 4 is 15.9 Å². The van der Waals surface area contributed by atoms with Gasteiger partial charge in [0.05, 0.1) is 29.5 Å². The smallest absolute Gasteiger partial charge is 0.433 e. The zero-order chi connectivity index (χ0) is 27.0. The molecule has 1 N–H and O–H groups in total. The SMILES string of the molecule is COc1nn(-c2ccc(C(F)(F)F)nc2)cc1CNC(=O)[C@@H]1C[C@@H](F)CN1S(=O)(=O)c1ccc(F)cc1. The second-order valence-corrected chi connectivity index (χ2v) is 9.99. The number of benzene rings is 1. The lowest BCUT2D eigenvalue weighted by molar-refractivity contribution is -0.141. The van der Waals surface area contributed by atoms with Crippen LogP contribution in [-0.4, -0.2) is 59.3 Å². The van der Waals surface area contributed by atoms with Gasteiger partial charge < -0.3 is 10.1 Å². The van der Waals surface area contributed by atoms with Crippen molar-refractivity contribution in [3.8, 4) is 11.6 Å². The molecule has 0 spiro atoms. The van der Waals surface area contributed by atoms with Crippen molar-refractivity contribution in [2.75, 3.05) is 13.7 Å². The Morgan fingerprint density at radius 3 is 2.49 bits per heavy atom. The van der Waals surface area contributed by atoms with Gasteiger partial charge in [-0.15, -0.1) is 5.10 Å². The van der Waals surface area contributed by atoms with Crippen LogP contribution in [0.25, 0.3) is 5.69 Å². The molecule has 1 amide bonds. The van der Waals surface area contributed by atoms with Gasteiger partial charge in [-0.25, -0.2) is 26.9 Å². The summed E-state index contributed by atoms with van der Waals surface area (Å²) in [4.78, 5) is 16.0. The van der Waals surface area contributed by atoms with Gasteiger partial charge in [-0.3, -0.25) is 4.79 Å². The molecule has 37 heavy (non-hydrogen) atoms. The predicted molar refractivity (Wildman–Crippen MR) is 118 cm³/mol. The number of pyridine rings is 1. The summed E-state index contributed by atoms with van der Waals surface area (Å²) in [6, 6.07) is 4.53. The Morgan fingerprint density at radius 1 is 1.19 bits per heavy atom. The predicted octanol–water partition coefficient (Wildman–Crippen LogP) is 2.85. The Hall–Kier alpha value is -3.59. The van der Waals surface area contributed by atoms with Gasteiger partial charge in [0.25, 0.3) is 0 Å². The van der Waals surface area contributed by atoms with Crippen LogP contribution in [0.3, 0.4) is 0 Å². The number of nitrogens with zero attached hydrogens (tertiary/aromatic N) is 4. The summed E-state index contributed by atoms with van der Waals surface area (Å²) in [7, 11) is -2.99. The molecule has 3 aromatic rings. The van der Waals surface area contributed by atoms with E-state index in [4.69, 9.17) is 4.74 Å². The van der Waals surface area contributed by atoms with Crippen LogP contribution in [0.5, 0.6) is 5.88 Å². The first-order valence-corrected chi connectivity index (χ1v) is 12.2. The van der Waals surface area contributed by atoms with E-state index in [0.717, 1.165) is 46.9 Å². The quantitative estimate of drug-likeness (QED) is 0.458. The third kappa shape index (κ3) is 5.56. The Kier molecular flexibility index (Phi) is 7.19. The number of methoxy groups -OCH3 is 1. The molecule has 2 atom stereocenters. The lowest BCUT2D eigenvalue weighted by Gasteiger charge is -2.23. The zero-order valence-corrected chi connectivity index (χ0v) is 19.9. The summed E-state index contributed by atoms with van der Waals surface area (Å²) in [5.74, 6) is -1.39. The molecule has 0 aliphatic carbocycles. The molecule has 0 radical (unpaired) electrons. The molecule has 0 unspecified atom stereocenters. The van der Waals surface area contributed by atoms with Crippen molar-refractivity contribution in [1.29, 1.82) is 0 Å². The van der Waals surface area contributed by atoms with Crippen LogP contribution in [0.1, 0.15) is 17.7 Å². The first kappa shape index (κ1) is 26.5. The van der Waals surface area contributed by atoms with Crippen molar-refractivity contribution in [2.45, 2.75) is 36.3 Å². The Bertz CT molecular complexity index is 1380. The van der Waals surface area contributed by atoms with Gasteiger partial charge in [0.15, 0.2) is 0 Å². The Morgan fingerprint density at radius 2 is 1.89 bits per heavy atom. The molecule has 198 valence electrons. The van der Waals surface area contributed by atoms with Gasteiger partial charge in [0.1, 0.15) is 23.7 Å². The molecule has 1 aromatic carbocycles. The Labute approximate surface area is 207 Å². The van der Waals surface area contributed by atoms with Crippen LogP contribution >= 0.6 is 0 Å². The van der Waals surface area contributed by atoms with Crippen LogP contribution < -0.4 is 10.1 Å². The van der Waals surface area contributed by atoms with Gasteiger partial charge in [-0.05, 0) is 36.4 Å². The fourth-order valence-corrected chi connectivity index (χ4v) is 5.44. The highest BCUT2D eigenvalue weighted by Gasteiger charge is 2.44. The summed E-state index contributed by atoms with van der Waals surface area (Å²) in [5, 5.41) is 6.63. The van der Waals surface area contributed by atoms with Gasteiger partial charge in [-0.2, -0.15) is 17.5 Å². The summed E-state index contributed by atoms with van der Waals surface area (Å²) < 4.78 is 98.8. The van der Waals surface area contributed by atoms with E-state index >= 15 is 0 Å². The summed E-state index contributed by atoms with van der Waals surface area (Å²) >= 11 is 0. The maximum absolute atomic E-state index is 14.2. The Balaban J connectivity index is 1.50. The molecular weight excluding hydrogens is 525 g/mol. The minimum Gasteiger partial charge on any atom is -0.480 e. The number of halogens is 5. The number of hydrogen-bond acceptors (Lipinski definition) is 6. The van der Waals surface area contributed by atoms with Crippen molar-refractivity contribution in [2.24, 2.45) is 0 Å². The number of rotatable bonds is 7. The molecule has 0 saturated carbocycles. The number of sulfonamides is 1. The molecule has 1 fully saturated rings. The van der Waals surface area contributed by atoms with E-state index in [1.54, 1.807) is 0 Å². The molecule has 2 aromatic heterocycles. The maximum Gasteiger partial charge on any atom is 0.433 e. The van der Waals surface area contributed by atoms with Crippen LogP contribution in [0.15, 0.2) is 53.7 Å². The lowest BCUT2D eigenvalue weighted by Crippen LogP contribution is -2.45. The van der Waals surface area contributed by atoms with E-state index in [1.807, 2.05) is 0 Å². The van der Waals surface area contributed by atoms with Crippen molar-refractivity contribution in [3.63, 3.8) is 0 Å². The second-order valence-electron chi connectivity index (χ2n) is 8.10. The number of alkyl halides is 4. The molecule has 3 heterocycles. The van der Waals surface area contributed by atoms with Crippen molar-refractivity contribution in [1.82, 2.24) is 24.4 Å². The van der Waals surface area contributed by atoms with E-state index in [2.05, 4.69) is 15.4 Å². The maximum atomic E-state index is 14.2. The van der Waals surface area contributed by atoms with Gasteiger partial charge in [0, 0.05) is 25.7 Å². The van der Waals surface area contributed by atoms with Crippen LogP contribution in [-0.2, 0) is 27.5 Å². The molecule has 15 heteroatoms. The average molecular weight is 545 g/mol. The fourth-order valence-electron chi connectivity index (χ4n) is 3.81. The van der Waals surface area contributed by atoms with E-state index < -0.39 is 52.4 Å². The fraction of sp³-hybridized carbons (Fsp3) is 0.318. The summed E-state index contributed by atoms with van der Waals surface area (Å²) in [6.07, 6.45) is -4.21. The highest BCUT2D eigenvalue weighted by Crippen LogP contribution is 2.29. The van der Waals surface area contributed by atoms with E-state index in [1.165, 1.54) is 18.0 Å². The van der Waals surface area contributed by atoms with Gasteiger partial charge in [0.2, 0.25) is 21.8 Å². The number of hydrogen-bond donors (Lipinski definition) is 1. The topological polar surface area (TPSA) is 106 Å². The number of aromatic nitrogens is 3. The third-order valence-electron chi connectivity index (χ3n) is 5.63. The second kappa shape index (κ2) is 10.0. The highest BCUT2D eigenvalue weighted by molar-refractivity contribution is 7.89. The molecule has 4 rings (SSSR count). The van der Waals surface area contributed by atoms with E-state index in [-0.39, 0.29) is 29.4 Å². The molecule has 1 aliphatic rings. The number of amides is 1. The zero-order valence-electron chi connectivity index (χ0n) is 19.1. The van der Waals surface area contributed by atoms with E-state index in [9.17, 15) is 35.2 Å². The van der Waals surface area contributed by atoms with Crippen molar-refractivity contribution < 1.29 is 39.9 Å². The monoisotopic (exact) mass is 545 g/mol. The molecule has 0 bridgehead atoms. The normalized spacial score (nSPS) is 18.6. The third-order valence-corrected chi connectivity index (χ3v) is 7.52. The average Bonchev–Trinajstić information content (AvgIpc) is 3.46. The van der Waals surface area contributed by atoms with Crippen LogP contribution in [0.2, 0.25) is 0 Å². The molecule has 9 nitrogen and oxygen atoms in total. The number of nitrogens with one attached hydrogen (secondary N) is 1. The van der Waals surface area contributed by atoms with Crippen LogP contribution in [0.4, 0.5) is 22.0 Å². The lowest BCUT2D eigenvalue weighted by atomic mass is 10.2. The number of carbonyl (C=O) groups is 1. The first-order valence-electron chi connectivity index (χ1n) is 10.8. The van der Waals surface area contributed by atoms with Gasteiger partial charge >= 0.3 is 6.18 Å². The molecule has 1 saturated heterocycles. The van der Waals surface area contributed by atoms with Gasteiger partial charge in [-0.1, -0.05) is 0 Å². The molecular formula is C22H20F5N5O4S. The minimum absolute atomic E-state index is 0.0470. The standard InChI is InChI=1S/C22H20F5N5O4S/c1-36-21-13(11-31(30-21)16-4-7-19(28-10-16)22(25,26)27)9-29-20(33)18-8-15(24)12-32(18)37(34,35)17-5-2-14(23)3-6-17/h2-7,10-11,15,18H,8-9,12H2,1H3,(H,29,33)/t15-,18+/m1/s1. The van der Waals surface area contributed by atoms with Crippen LogP contribution in [0, 0.1) is 5.82 Å². The summed E-state index contributed by atoms with van der Waals surface area (Å²) in [6.45, 7) is -0.742. The first-order chi connectivity index (χ1) is 17.4. The number of carbonyl (C=O) groups excluding carboxylic acids is 1. The van der Waals surface area contributed by atoms with E-state index in [0.29, 0.717) is 5.56 Å². The highest BCUT2D eigenvalue weighted by atomic mass is 32.2. The molecule has 1 aliphatic heterocycles. The minimum atomic E-state index is -4.60. The number of ether oxygens (including phenoxy) is 1. The van der Waals surface area contributed by atoms with Crippen molar-refractivity contribution in [3.05, 3.63) is 65.9 Å². The summed E-state index contributed by atoms with van der Waals surface area (Å²) in [5.41, 5.74) is -0.569. The largest absolute Gasteiger partial charge is 0.480 e.